The van der Waals surface area contributed by atoms with Crippen molar-refractivity contribution in [2.75, 3.05) is 11.9 Å². The van der Waals surface area contributed by atoms with Gasteiger partial charge in [-0.15, -0.1) is 0 Å². The van der Waals surface area contributed by atoms with E-state index in [1.165, 1.54) is 12.8 Å². The fourth-order valence-corrected chi connectivity index (χ4v) is 3.71. The number of para-hydroxylation sites is 1. The average Bonchev–Trinajstić information content (AvgIpc) is 3.13. The zero-order valence-corrected chi connectivity index (χ0v) is 12.3. The molecule has 106 valence electrons. The highest BCUT2D eigenvalue weighted by Crippen LogP contribution is 2.33. The van der Waals surface area contributed by atoms with Gasteiger partial charge >= 0.3 is 0 Å². The van der Waals surface area contributed by atoms with Crippen LogP contribution in [0.4, 0.5) is 5.69 Å². The fraction of sp³-hybridized carbons (Fsp3) is 0.571. The van der Waals surface area contributed by atoms with Gasteiger partial charge in [0.05, 0.1) is 5.69 Å². The maximum absolute atomic E-state index is 12.4. The standard InChI is InChI=1S/C14H22N2O2S/c1-3-15-13-6-4-5-7-14(13)19(17,18)16-11(2)10-12-8-9-12/h4-7,11-12,15-16H,3,8-10H2,1-2H3. The maximum Gasteiger partial charge on any atom is 0.242 e. The van der Waals surface area contributed by atoms with E-state index >= 15 is 0 Å². The lowest BCUT2D eigenvalue weighted by atomic mass is 10.2. The molecule has 0 saturated heterocycles. The molecular formula is C14H22N2O2S. The van der Waals surface area contributed by atoms with Crippen LogP contribution in [0.2, 0.25) is 0 Å². The highest BCUT2D eigenvalue weighted by atomic mass is 32.2. The Labute approximate surface area is 115 Å². The molecule has 0 radical (unpaired) electrons. The first-order valence-electron chi connectivity index (χ1n) is 6.88. The van der Waals surface area contributed by atoms with Gasteiger partial charge in [-0.25, -0.2) is 13.1 Å². The number of hydrogen-bond acceptors (Lipinski definition) is 3. The molecule has 1 aliphatic rings. The van der Waals surface area contributed by atoms with Crippen LogP contribution in [0.3, 0.4) is 0 Å². The van der Waals surface area contributed by atoms with Crippen LogP contribution in [0, 0.1) is 5.92 Å². The molecule has 0 spiro atoms. The maximum atomic E-state index is 12.4. The Morgan fingerprint density at radius 2 is 2.00 bits per heavy atom. The highest BCUT2D eigenvalue weighted by molar-refractivity contribution is 7.89. The van der Waals surface area contributed by atoms with Crippen LogP contribution in [0.25, 0.3) is 0 Å². The molecule has 1 fully saturated rings. The molecule has 2 N–H and O–H groups in total. The number of nitrogens with one attached hydrogen (secondary N) is 2. The summed E-state index contributed by atoms with van der Waals surface area (Å²) in [4.78, 5) is 0.333. The summed E-state index contributed by atoms with van der Waals surface area (Å²) in [5, 5.41) is 3.09. The largest absolute Gasteiger partial charge is 0.384 e. The summed E-state index contributed by atoms with van der Waals surface area (Å²) in [6.45, 7) is 4.59. The third kappa shape index (κ3) is 3.94. The molecular weight excluding hydrogens is 260 g/mol. The van der Waals surface area contributed by atoms with Crippen molar-refractivity contribution in [2.45, 2.75) is 44.0 Å². The molecule has 1 saturated carbocycles. The zero-order chi connectivity index (χ0) is 13.9. The zero-order valence-electron chi connectivity index (χ0n) is 11.5. The van der Waals surface area contributed by atoms with E-state index in [1.807, 2.05) is 19.9 Å². The SMILES string of the molecule is CCNc1ccccc1S(=O)(=O)NC(C)CC1CC1. The Morgan fingerprint density at radius 3 is 2.63 bits per heavy atom. The van der Waals surface area contributed by atoms with Crippen molar-refractivity contribution in [3.05, 3.63) is 24.3 Å². The monoisotopic (exact) mass is 282 g/mol. The lowest BCUT2D eigenvalue weighted by molar-refractivity contribution is 0.530. The Hall–Kier alpha value is -1.07. The average molecular weight is 282 g/mol. The fourth-order valence-electron chi connectivity index (χ4n) is 2.27. The molecule has 0 heterocycles. The summed E-state index contributed by atoms with van der Waals surface area (Å²) in [7, 11) is -3.44. The second-order valence-corrected chi connectivity index (χ2v) is 6.91. The van der Waals surface area contributed by atoms with Gasteiger partial charge in [0.1, 0.15) is 4.90 Å². The van der Waals surface area contributed by atoms with Crippen molar-refractivity contribution in [1.82, 2.24) is 4.72 Å². The predicted molar refractivity (Wildman–Crippen MR) is 77.7 cm³/mol. The van der Waals surface area contributed by atoms with Crippen LogP contribution < -0.4 is 10.0 Å². The third-order valence-electron chi connectivity index (χ3n) is 3.28. The quantitative estimate of drug-likeness (QED) is 0.808. The van der Waals surface area contributed by atoms with Gasteiger partial charge in [0.2, 0.25) is 10.0 Å². The van der Waals surface area contributed by atoms with Crippen LogP contribution in [0.5, 0.6) is 0 Å². The Balaban J connectivity index is 2.13. The van der Waals surface area contributed by atoms with Gasteiger partial charge in [-0.1, -0.05) is 25.0 Å². The van der Waals surface area contributed by atoms with Crippen molar-refractivity contribution in [1.29, 1.82) is 0 Å². The van der Waals surface area contributed by atoms with Gasteiger partial charge in [0.15, 0.2) is 0 Å². The van der Waals surface area contributed by atoms with E-state index in [0.717, 1.165) is 6.42 Å². The van der Waals surface area contributed by atoms with Crippen LogP contribution >= 0.6 is 0 Å². The van der Waals surface area contributed by atoms with E-state index in [9.17, 15) is 8.42 Å². The third-order valence-corrected chi connectivity index (χ3v) is 4.93. The normalized spacial score (nSPS) is 17.2. The van der Waals surface area contributed by atoms with Gasteiger partial charge < -0.3 is 5.32 Å². The second-order valence-electron chi connectivity index (χ2n) is 5.23. The molecule has 0 aliphatic heterocycles. The first-order valence-corrected chi connectivity index (χ1v) is 8.36. The minimum atomic E-state index is -3.44. The summed E-state index contributed by atoms with van der Waals surface area (Å²) in [6, 6.07) is 7.02. The topological polar surface area (TPSA) is 58.2 Å². The molecule has 0 bridgehead atoms. The predicted octanol–water partition coefficient (Wildman–Crippen LogP) is 2.59. The minimum Gasteiger partial charge on any atom is -0.384 e. The molecule has 1 atom stereocenters. The van der Waals surface area contributed by atoms with Crippen LogP contribution in [0.1, 0.15) is 33.1 Å². The van der Waals surface area contributed by atoms with Gasteiger partial charge in [-0.05, 0) is 38.3 Å². The van der Waals surface area contributed by atoms with Crippen molar-refractivity contribution in [3.63, 3.8) is 0 Å². The summed E-state index contributed by atoms with van der Waals surface area (Å²) in [5.41, 5.74) is 0.663. The molecule has 0 amide bonds. The van der Waals surface area contributed by atoms with Gasteiger partial charge in [-0.2, -0.15) is 0 Å². The summed E-state index contributed by atoms with van der Waals surface area (Å²) in [5.74, 6) is 0.710. The first-order chi connectivity index (χ1) is 9.03. The summed E-state index contributed by atoms with van der Waals surface area (Å²) >= 11 is 0. The number of hydrogen-bond donors (Lipinski definition) is 2. The second kappa shape index (κ2) is 5.92. The van der Waals surface area contributed by atoms with E-state index in [4.69, 9.17) is 0 Å². The van der Waals surface area contributed by atoms with Crippen LogP contribution in [-0.4, -0.2) is 21.0 Å². The van der Waals surface area contributed by atoms with E-state index < -0.39 is 10.0 Å². The van der Waals surface area contributed by atoms with Crippen molar-refractivity contribution in [2.24, 2.45) is 5.92 Å². The van der Waals surface area contributed by atoms with Gasteiger partial charge in [0, 0.05) is 12.6 Å². The molecule has 4 nitrogen and oxygen atoms in total. The number of anilines is 1. The van der Waals surface area contributed by atoms with Crippen LogP contribution in [0.15, 0.2) is 29.2 Å². The molecule has 19 heavy (non-hydrogen) atoms. The van der Waals surface area contributed by atoms with E-state index in [-0.39, 0.29) is 6.04 Å². The summed E-state index contributed by atoms with van der Waals surface area (Å²) < 4.78 is 27.6. The number of rotatable bonds is 7. The van der Waals surface area contributed by atoms with Crippen molar-refractivity contribution in [3.8, 4) is 0 Å². The molecule has 1 unspecified atom stereocenters. The minimum absolute atomic E-state index is 0.00724. The summed E-state index contributed by atoms with van der Waals surface area (Å²) in [6.07, 6.45) is 3.41. The van der Waals surface area contributed by atoms with Crippen molar-refractivity contribution >= 4 is 15.7 Å². The van der Waals surface area contributed by atoms with E-state index in [1.54, 1.807) is 18.2 Å². The molecule has 2 rings (SSSR count). The molecule has 5 heteroatoms. The highest BCUT2D eigenvalue weighted by Gasteiger charge is 2.27. The first kappa shape index (κ1) is 14.3. The van der Waals surface area contributed by atoms with Gasteiger partial charge in [0.25, 0.3) is 0 Å². The lowest BCUT2D eigenvalue weighted by Gasteiger charge is -2.16. The number of sulfonamides is 1. The smallest absolute Gasteiger partial charge is 0.242 e. The Kier molecular flexibility index (Phi) is 4.47. The van der Waals surface area contributed by atoms with Gasteiger partial charge in [-0.3, -0.25) is 0 Å². The Morgan fingerprint density at radius 1 is 1.32 bits per heavy atom. The van der Waals surface area contributed by atoms with E-state index in [2.05, 4.69) is 10.0 Å². The number of benzene rings is 1. The molecule has 0 aromatic heterocycles. The molecule has 1 aromatic carbocycles. The molecule has 1 aromatic rings. The Bertz CT molecular complexity index is 524. The molecule has 1 aliphatic carbocycles. The van der Waals surface area contributed by atoms with Crippen molar-refractivity contribution < 1.29 is 8.42 Å². The van der Waals surface area contributed by atoms with E-state index in [0.29, 0.717) is 23.0 Å². The van der Waals surface area contributed by atoms with Crippen LogP contribution in [-0.2, 0) is 10.0 Å². The lowest BCUT2D eigenvalue weighted by Crippen LogP contribution is -2.33.